The van der Waals surface area contributed by atoms with Crippen LogP contribution in [0.25, 0.3) is 11.1 Å². The van der Waals surface area contributed by atoms with Gasteiger partial charge < -0.3 is 9.15 Å². The Labute approximate surface area is 151 Å². The maximum Gasteiger partial charge on any atom is 0.420 e. The lowest BCUT2D eigenvalue weighted by atomic mass is 10.1. The molecule has 0 aliphatic carbocycles. The molecular weight excluding hydrogens is 358 g/mol. The van der Waals surface area contributed by atoms with Crippen LogP contribution in [-0.2, 0) is 20.9 Å². The Bertz CT molecular complexity index is 1070. The standard InChI is InChI=1S/C17H13N3O5S/c1-10-9-26-16(19-10)11(6-18)13(21)8-24-15(22)7-20-12-4-2-3-5-14(12)25-17(20)23/h2-5,9,11H,7-8H2,1H3/t11-/m0/s1. The van der Waals surface area contributed by atoms with E-state index in [1.165, 1.54) is 11.3 Å². The second-order valence-electron chi connectivity index (χ2n) is 5.44. The summed E-state index contributed by atoms with van der Waals surface area (Å²) < 4.78 is 11.1. The van der Waals surface area contributed by atoms with Crippen molar-refractivity contribution in [1.29, 1.82) is 5.26 Å². The first-order chi connectivity index (χ1) is 12.5. The molecule has 0 N–H and O–H groups in total. The fourth-order valence-corrected chi connectivity index (χ4v) is 3.20. The number of nitrogens with zero attached hydrogens (tertiary/aromatic N) is 3. The Hall–Kier alpha value is -3.25. The van der Waals surface area contributed by atoms with Crippen LogP contribution >= 0.6 is 11.3 Å². The Balaban J connectivity index is 1.65. The zero-order valence-electron chi connectivity index (χ0n) is 13.7. The Morgan fingerprint density at radius 1 is 1.42 bits per heavy atom. The smallest absolute Gasteiger partial charge is 0.420 e. The number of aryl methyl sites for hydroxylation is 1. The molecule has 1 aromatic carbocycles. The molecule has 26 heavy (non-hydrogen) atoms. The lowest BCUT2D eigenvalue weighted by Crippen LogP contribution is -2.25. The number of aromatic nitrogens is 2. The van der Waals surface area contributed by atoms with E-state index in [0.29, 0.717) is 21.8 Å². The van der Waals surface area contributed by atoms with Gasteiger partial charge in [0.15, 0.2) is 23.9 Å². The van der Waals surface area contributed by atoms with Gasteiger partial charge in [0.1, 0.15) is 11.6 Å². The molecule has 0 bridgehead atoms. The number of ether oxygens (including phenoxy) is 1. The number of carbonyl (C=O) groups excluding carboxylic acids is 2. The van der Waals surface area contributed by atoms with Crippen LogP contribution in [0.1, 0.15) is 16.6 Å². The maximum absolute atomic E-state index is 12.2. The van der Waals surface area contributed by atoms with Gasteiger partial charge in [0.2, 0.25) is 0 Å². The second kappa shape index (κ2) is 7.33. The van der Waals surface area contributed by atoms with Crippen LogP contribution in [0, 0.1) is 18.3 Å². The number of oxazole rings is 1. The van der Waals surface area contributed by atoms with Crippen molar-refractivity contribution in [2.45, 2.75) is 19.4 Å². The first kappa shape index (κ1) is 17.6. The lowest BCUT2D eigenvalue weighted by molar-refractivity contribution is -0.148. The molecule has 0 aliphatic rings. The molecule has 132 valence electrons. The molecule has 3 aromatic rings. The van der Waals surface area contributed by atoms with Crippen molar-refractivity contribution in [3.05, 3.63) is 50.9 Å². The minimum absolute atomic E-state index is 0.352. The van der Waals surface area contributed by atoms with Crippen molar-refractivity contribution in [1.82, 2.24) is 9.55 Å². The number of hydrogen-bond donors (Lipinski definition) is 0. The lowest BCUT2D eigenvalue weighted by Gasteiger charge is -2.07. The minimum Gasteiger partial charge on any atom is -0.456 e. The van der Waals surface area contributed by atoms with E-state index < -0.39 is 36.6 Å². The highest BCUT2D eigenvalue weighted by Crippen LogP contribution is 2.20. The molecule has 9 heteroatoms. The van der Waals surface area contributed by atoms with Crippen LogP contribution in [0.4, 0.5) is 0 Å². The van der Waals surface area contributed by atoms with Crippen molar-refractivity contribution in [3.8, 4) is 6.07 Å². The highest BCUT2D eigenvalue weighted by Gasteiger charge is 2.24. The van der Waals surface area contributed by atoms with E-state index in [1.807, 2.05) is 6.07 Å². The van der Waals surface area contributed by atoms with Crippen molar-refractivity contribution in [2.24, 2.45) is 0 Å². The van der Waals surface area contributed by atoms with Gasteiger partial charge in [-0.15, -0.1) is 11.3 Å². The van der Waals surface area contributed by atoms with Crippen LogP contribution in [0.15, 0.2) is 38.9 Å². The molecule has 0 saturated carbocycles. The van der Waals surface area contributed by atoms with Gasteiger partial charge in [-0.25, -0.2) is 9.78 Å². The van der Waals surface area contributed by atoms with Crippen LogP contribution < -0.4 is 5.76 Å². The minimum atomic E-state index is -1.08. The number of esters is 1. The molecule has 3 rings (SSSR count). The van der Waals surface area contributed by atoms with Gasteiger partial charge in [0.25, 0.3) is 0 Å². The van der Waals surface area contributed by atoms with E-state index in [4.69, 9.17) is 9.15 Å². The zero-order chi connectivity index (χ0) is 18.7. The van der Waals surface area contributed by atoms with Gasteiger partial charge in [-0.3, -0.25) is 14.2 Å². The third-order valence-corrected chi connectivity index (χ3v) is 4.60. The number of carbonyl (C=O) groups is 2. The summed E-state index contributed by atoms with van der Waals surface area (Å²) in [6.07, 6.45) is 0. The molecule has 2 aromatic heterocycles. The Kier molecular flexibility index (Phi) is 4.95. The first-order valence-corrected chi connectivity index (χ1v) is 8.46. The summed E-state index contributed by atoms with van der Waals surface area (Å²) in [5, 5.41) is 11.3. The van der Waals surface area contributed by atoms with E-state index in [9.17, 15) is 19.6 Å². The Morgan fingerprint density at radius 3 is 2.88 bits per heavy atom. The van der Waals surface area contributed by atoms with E-state index in [0.717, 1.165) is 4.57 Å². The largest absolute Gasteiger partial charge is 0.456 e. The first-order valence-electron chi connectivity index (χ1n) is 7.58. The summed E-state index contributed by atoms with van der Waals surface area (Å²) in [4.78, 5) is 40.1. The highest BCUT2D eigenvalue weighted by molar-refractivity contribution is 7.09. The highest BCUT2D eigenvalue weighted by atomic mass is 32.1. The molecule has 0 unspecified atom stereocenters. The quantitative estimate of drug-likeness (QED) is 0.606. The summed E-state index contributed by atoms with van der Waals surface area (Å²) in [5.41, 5.74) is 1.51. The molecule has 1 atom stereocenters. The van der Waals surface area contributed by atoms with E-state index in [2.05, 4.69) is 4.98 Å². The van der Waals surface area contributed by atoms with Gasteiger partial charge in [0, 0.05) is 11.1 Å². The number of ketones is 1. The van der Waals surface area contributed by atoms with Crippen LogP contribution in [0.2, 0.25) is 0 Å². The monoisotopic (exact) mass is 371 g/mol. The number of fused-ring (bicyclic) bond motifs is 1. The number of thiazole rings is 1. The molecule has 0 aliphatic heterocycles. The molecule has 0 amide bonds. The molecular formula is C17H13N3O5S. The van der Waals surface area contributed by atoms with Gasteiger partial charge in [-0.1, -0.05) is 12.1 Å². The van der Waals surface area contributed by atoms with E-state index in [1.54, 1.807) is 36.6 Å². The zero-order valence-corrected chi connectivity index (χ0v) is 14.5. The molecule has 0 spiro atoms. The number of hydrogen-bond acceptors (Lipinski definition) is 8. The summed E-state index contributed by atoms with van der Waals surface area (Å²) >= 11 is 1.20. The molecule has 0 radical (unpaired) electrons. The number of para-hydroxylation sites is 2. The maximum atomic E-state index is 12.2. The topological polar surface area (TPSA) is 115 Å². The summed E-state index contributed by atoms with van der Waals surface area (Å²) in [5.74, 6) is -3.12. The fourth-order valence-electron chi connectivity index (χ4n) is 2.34. The van der Waals surface area contributed by atoms with Crippen molar-refractivity contribution in [2.75, 3.05) is 6.61 Å². The average Bonchev–Trinajstić information content (AvgIpc) is 3.18. The predicted octanol–water partition coefficient (Wildman–Crippen LogP) is 1.78. The van der Waals surface area contributed by atoms with E-state index in [-0.39, 0.29) is 0 Å². The van der Waals surface area contributed by atoms with Crippen molar-refractivity contribution in [3.63, 3.8) is 0 Å². The molecule has 8 nitrogen and oxygen atoms in total. The molecule has 0 saturated heterocycles. The SMILES string of the molecule is Cc1csc([C@@H](C#N)C(=O)COC(=O)Cn2c(=O)oc3ccccc32)n1. The summed E-state index contributed by atoms with van der Waals surface area (Å²) in [6.45, 7) is 0.794. The third-order valence-electron chi connectivity index (χ3n) is 3.57. The molecule has 0 fully saturated rings. The number of rotatable bonds is 6. The summed E-state index contributed by atoms with van der Waals surface area (Å²) in [6, 6.07) is 8.52. The van der Waals surface area contributed by atoms with E-state index >= 15 is 0 Å². The van der Waals surface area contributed by atoms with Gasteiger partial charge in [-0.05, 0) is 19.1 Å². The van der Waals surface area contributed by atoms with Gasteiger partial charge >= 0.3 is 11.7 Å². The Morgan fingerprint density at radius 2 is 2.19 bits per heavy atom. The number of nitriles is 1. The fraction of sp³-hybridized carbons (Fsp3) is 0.235. The predicted molar refractivity (Wildman–Crippen MR) is 91.6 cm³/mol. The average molecular weight is 371 g/mol. The van der Waals surface area contributed by atoms with Crippen molar-refractivity contribution >= 4 is 34.2 Å². The number of Topliss-reactive ketones (excluding diaryl/α,β-unsaturated/α-hetero) is 1. The third kappa shape index (κ3) is 3.55. The summed E-state index contributed by atoms with van der Waals surface area (Å²) in [7, 11) is 0. The molecule has 2 heterocycles. The second-order valence-corrected chi connectivity index (χ2v) is 6.33. The normalized spacial score (nSPS) is 11.8. The van der Waals surface area contributed by atoms with Crippen LogP contribution in [-0.4, -0.2) is 27.9 Å². The van der Waals surface area contributed by atoms with Gasteiger partial charge in [-0.2, -0.15) is 5.26 Å². The number of benzene rings is 1. The van der Waals surface area contributed by atoms with Crippen LogP contribution in [0.3, 0.4) is 0 Å². The van der Waals surface area contributed by atoms with Gasteiger partial charge in [0.05, 0.1) is 11.6 Å². The van der Waals surface area contributed by atoms with Crippen molar-refractivity contribution < 1.29 is 18.7 Å². The van der Waals surface area contributed by atoms with Crippen LogP contribution in [0.5, 0.6) is 0 Å².